The van der Waals surface area contributed by atoms with Gasteiger partial charge in [-0.25, -0.2) is 4.39 Å². The van der Waals surface area contributed by atoms with E-state index in [4.69, 9.17) is 11.6 Å². The lowest BCUT2D eigenvalue weighted by Crippen LogP contribution is -2.48. The fourth-order valence-electron chi connectivity index (χ4n) is 3.45. The Labute approximate surface area is 167 Å². The third-order valence-corrected chi connectivity index (χ3v) is 5.54. The number of benzene rings is 1. The van der Waals surface area contributed by atoms with Crippen LogP contribution in [0.3, 0.4) is 0 Å². The second-order valence-corrected chi connectivity index (χ2v) is 7.35. The summed E-state index contributed by atoms with van der Waals surface area (Å²) in [5, 5.41) is 3.56. The summed E-state index contributed by atoms with van der Waals surface area (Å²) in [7, 11) is 3.69. The van der Waals surface area contributed by atoms with Gasteiger partial charge in [-0.2, -0.15) is 0 Å². The van der Waals surface area contributed by atoms with Crippen LogP contribution in [-0.2, 0) is 11.3 Å². The average molecular weight is 406 g/mol. The van der Waals surface area contributed by atoms with Crippen molar-refractivity contribution >= 4 is 29.9 Å². The molecule has 148 valence electrons. The number of nitrogens with zero attached hydrogens (tertiary/aromatic N) is 2. The van der Waals surface area contributed by atoms with Crippen molar-refractivity contribution in [3.63, 3.8) is 0 Å². The quantitative estimate of drug-likeness (QED) is 0.752. The minimum Gasteiger partial charge on any atom is -0.340 e. The van der Waals surface area contributed by atoms with E-state index >= 15 is 0 Å². The molecule has 1 N–H and O–H groups in total. The maximum absolute atomic E-state index is 13.9. The Bertz CT molecular complexity index is 560. The minimum absolute atomic E-state index is 0. The molecule has 7 heteroatoms. The molecule has 1 aromatic carbocycles. The molecule has 0 saturated carbocycles. The summed E-state index contributed by atoms with van der Waals surface area (Å²) < 4.78 is 13.9. The van der Waals surface area contributed by atoms with Crippen molar-refractivity contribution in [2.45, 2.75) is 38.8 Å². The van der Waals surface area contributed by atoms with Gasteiger partial charge in [0.2, 0.25) is 5.91 Å². The van der Waals surface area contributed by atoms with Gasteiger partial charge in [0, 0.05) is 24.2 Å². The highest BCUT2D eigenvalue weighted by Gasteiger charge is 2.28. The molecule has 1 aromatic rings. The predicted molar refractivity (Wildman–Crippen MR) is 107 cm³/mol. The fraction of sp³-hybridized carbons (Fsp3) is 0.632. The van der Waals surface area contributed by atoms with E-state index in [0.29, 0.717) is 10.6 Å². The van der Waals surface area contributed by atoms with Crippen LogP contribution in [-0.4, -0.2) is 55.5 Å². The van der Waals surface area contributed by atoms with E-state index in [-0.39, 0.29) is 36.7 Å². The highest BCUT2D eigenvalue weighted by atomic mass is 35.5. The maximum Gasteiger partial charge on any atom is 0.239 e. The summed E-state index contributed by atoms with van der Waals surface area (Å²) >= 11 is 6.07. The van der Waals surface area contributed by atoms with Crippen LogP contribution in [0.5, 0.6) is 0 Å². The first-order valence-electron chi connectivity index (χ1n) is 9.00. The topological polar surface area (TPSA) is 35.6 Å². The molecule has 0 bridgehead atoms. The van der Waals surface area contributed by atoms with Gasteiger partial charge in [-0.3, -0.25) is 9.69 Å². The van der Waals surface area contributed by atoms with Gasteiger partial charge in [0.15, 0.2) is 0 Å². The van der Waals surface area contributed by atoms with E-state index < -0.39 is 0 Å². The number of carbonyl (C=O) groups is 1. The van der Waals surface area contributed by atoms with Crippen LogP contribution in [0.2, 0.25) is 5.02 Å². The van der Waals surface area contributed by atoms with E-state index in [9.17, 15) is 9.18 Å². The van der Waals surface area contributed by atoms with Crippen molar-refractivity contribution < 1.29 is 9.18 Å². The Morgan fingerprint density at radius 3 is 2.65 bits per heavy atom. The fourth-order valence-corrected chi connectivity index (χ4v) is 3.67. The number of amides is 1. The lowest BCUT2D eigenvalue weighted by atomic mass is 9.92. The molecule has 0 aliphatic carbocycles. The number of carbonyl (C=O) groups excluding carboxylic acids is 1. The maximum atomic E-state index is 13.9. The second kappa shape index (κ2) is 11.1. The molecule has 2 rings (SSSR count). The van der Waals surface area contributed by atoms with Crippen molar-refractivity contribution in [2.75, 3.05) is 33.7 Å². The number of halogens is 3. The molecular formula is C19H30Cl2FN3O. The normalized spacial score (nSPS) is 16.8. The summed E-state index contributed by atoms with van der Waals surface area (Å²) in [6.07, 6.45) is 3.45. The number of likely N-dealkylation sites (N-methyl/N-ethyl adjacent to an activating group) is 1. The van der Waals surface area contributed by atoms with Gasteiger partial charge in [-0.15, -0.1) is 12.4 Å². The Morgan fingerprint density at radius 1 is 1.42 bits per heavy atom. The van der Waals surface area contributed by atoms with E-state index in [0.717, 1.165) is 38.4 Å². The molecule has 1 unspecified atom stereocenters. The standard InChI is InChI=1S/C19H29ClFN3O.ClH/c1-14(24-11-8-15(9-12-24)7-10-22-2)19(25)23(3)13-16-17(20)5-4-6-18(16)21;/h4-6,14-15,22H,7-13H2,1-3H3;1H. The largest absolute Gasteiger partial charge is 0.340 e. The van der Waals surface area contributed by atoms with Crippen LogP contribution >= 0.6 is 24.0 Å². The summed E-state index contributed by atoms with van der Waals surface area (Å²) in [5.74, 6) is 0.374. The summed E-state index contributed by atoms with van der Waals surface area (Å²) in [4.78, 5) is 16.5. The number of nitrogens with one attached hydrogen (secondary N) is 1. The van der Waals surface area contributed by atoms with E-state index in [1.54, 1.807) is 24.1 Å². The molecule has 1 heterocycles. The second-order valence-electron chi connectivity index (χ2n) is 6.94. The predicted octanol–water partition coefficient (Wildman–Crippen LogP) is 3.57. The summed E-state index contributed by atoms with van der Waals surface area (Å²) in [6.45, 7) is 5.06. The smallest absolute Gasteiger partial charge is 0.239 e. The van der Waals surface area contributed by atoms with Crippen LogP contribution in [0.4, 0.5) is 4.39 Å². The molecule has 0 spiro atoms. The highest BCUT2D eigenvalue weighted by Crippen LogP contribution is 2.23. The zero-order valence-electron chi connectivity index (χ0n) is 15.8. The molecule has 1 saturated heterocycles. The van der Waals surface area contributed by atoms with Crippen LogP contribution in [0.25, 0.3) is 0 Å². The molecule has 0 aromatic heterocycles. The van der Waals surface area contributed by atoms with Gasteiger partial charge in [-0.1, -0.05) is 17.7 Å². The van der Waals surface area contributed by atoms with Crippen LogP contribution in [0.1, 0.15) is 31.7 Å². The Kier molecular flexibility index (Phi) is 9.86. The Morgan fingerprint density at radius 2 is 2.08 bits per heavy atom. The lowest BCUT2D eigenvalue weighted by Gasteiger charge is -2.36. The zero-order chi connectivity index (χ0) is 18.4. The lowest BCUT2D eigenvalue weighted by molar-refractivity contribution is -0.136. The van der Waals surface area contributed by atoms with Crippen molar-refractivity contribution in [1.29, 1.82) is 0 Å². The Balaban J connectivity index is 0.00000338. The highest BCUT2D eigenvalue weighted by molar-refractivity contribution is 6.31. The van der Waals surface area contributed by atoms with Crippen molar-refractivity contribution in [3.8, 4) is 0 Å². The third-order valence-electron chi connectivity index (χ3n) is 5.19. The molecule has 1 amide bonds. The minimum atomic E-state index is -0.370. The molecule has 4 nitrogen and oxygen atoms in total. The Hall–Kier alpha value is -0.880. The van der Waals surface area contributed by atoms with Gasteiger partial charge < -0.3 is 10.2 Å². The molecule has 1 aliphatic rings. The van der Waals surface area contributed by atoms with Gasteiger partial charge in [0.05, 0.1) is 6.04 Å². The van der Waals surface area contributed by atoms with E-state index in [2.05, 4.69) is 10.2 Å². The van der Waals surface area contributed by atoms with Gasteiger partial charge >= 0.3 is 0 Å². The number of hydrogen-bond acceptors (Lipinski definition) is 3. The van der Waals surface area contributed by atoms with E-state index in [1.807, 2.05) is 14.0 Å². The van der Waals surface area contributed by atoms with Crippen molar-refractivity contribution in [1.82, 2.24) is 15.1 Å². The monoisotopic (exact) mass is 405 g/mol. The van der Waals surface area contributed by atoms with Crippen molar-refractivity contribution in [3.05, 3.63) is 34.6 Å². The first-order valence-corrected chi connectivity index (χ1v) is 9.38. The number of likely N-dealkylation sites (tertiary alicyclic amines) is 1. The zero-order valence-corrected chi connectivity index (χ0v) is 17.4. The van der Waals surface area contributed by atoms with Gasteiger partial charge in [-0.05, 0) is 70.9 Å². The van der Waals surface area contributed by atoms with Crippen LogP contribution in [0.15, 0.2) is 18.2 Å². The van der Waals surface area contributed by atoms with E-state index in [1.165, 1.54) is 12.5 Å². The molecule has 1 aliphatic heterocycles. The van der Waals surface area contributed by atoms with Gasteiger partial charge in [0.1, 0.15) is 5.82 Å². The first-order chi connectivity index (χ1) is 11.9. The summed E-state index contributed by atoms with van der Waals surface area (Å²) in [5.41, 5.74) is 0.373. The van der Waals surface area contributed by atoms with Crippen LogP contribution < -0.4 is 5.32 Å². The average Bonchev–Trinajstić information content (AvgIpc) is 2.62. The number of piperidine rings is 1. The van der Waals surface area contributed by atoms with Gasteiger partial charge in [0.25, 0.3) is 0 Å². The molecule has 1 fully saturated rings. The molecule has 26 heavy (non-hydrogen) atoms. The SMILES string of the molecule is CNCCC1CCN(C(C)C(=O)N(C)Cc2c(F)cccc2Cl)CC1.Cl. The molecular weight excluding hydrogens is 376 g/mol. The number of rotatable bonds is 7. The van der Waals surface area contributed by atoms with Crippen LogP contribution in [0, 0.1) is 11.7 Å². The molecule has 1 atom stereocenters. The molecule has 0 radical (unpaired) electrons. The third kappa shape index (κ3) is 6.08. The summed E-state index contributed by atoms with van der Waals surface area (Å²) in [6, 6.07) is 4.40. The first kappa shape index (κ1) is 23.2. The number of hydrogen-bond donors (Lipinski definition) is 1. The van der Waals surface area contributed by atoms with Crippen molar-refractivity contribution in [2.24, 2.45) is 5.92 Å².